The van der Waals surface area contributed by atoms with Crippen LogP contribution in [0.4, 0.5) is 0 Å². The highest BCUT2D eigenvalue weighted by Crippen LogP contribution is 1.99. The Morgan fingerprint density at radius 3 is 2.54 bits per heavy atom. The van der Waals surface area contributed by atoms with Gasteiger partial charge in [0.25, 0.3) is 0 Å². The lowest BCUT2D eigenvalue weighted by Crippen LogP contribution is -2.32. The molecule has 76 valence electrons. The number of hydrogen-bond acceptors (Lipinski definition) is 6. The van der Waals surface area contributed by atoms with Gasteiger partial charge < -0.3 is 10.2 Å². The smallest absolute Gasteiger partial charge is 0.334 e. The van der Waals surface area contributed by atoms with E-state index in [1.165, 1.54) is 0 Å². The van der Waals surface area contributed by atoms with Gasteiger partial charge >= 0.3 is 15.2 Å². The van der Waals surface area contributed by atoms with Crippen LogP contribution in [0.5, 0.6) is 0 Å². The number of rotatable bonds is 5. The van der Waals surface area contributed by atoms with Gasteiger partial charge in [-0.3, -0.25) is 8.98 Å². The topological polar surface area (TPSA) is 101 Å². The van der Waals surface area contributed by atoms with Gasteiger partial charge in [0, 0.05) is 0 Å². The lowest BCUT2D eigenvalue weighted by molar-refractivity contribution is -0.121. The molecule has 0 amide bonds. The third-order valence-corrected chi connectivity index (χ3v) is 2.24. The minimum absolute atomic E-state index is 0.355. The molecule has 1 unspecified atom stereocenters. The van der Waals surface area contributed by atoms with Crippen molar-refractivity contribution in [2.45, 2.75) is 6.10 Å². The van der Waals surface area contributed by atoms with E-state index in [0.717, 1.165) is 6.08 Å². The number of carbonyl (C=O) groups excluding carboxylic acids is 1. The molecular weight excluding hydrogens is 200 g/mol. The Hall–Kier alpha value is -0.760. The van der Waals surface area contributed by atoms with E-state index < -0.39 is 27.9 Å². The van der Waals surface area contributed by atoms with Crippen molar-refractivity contribution < 1.29 is 27.6 Å². The maximum absolute atomic E-state index is 10.8. The molecule has 0 rings (SSSR count). The summed E-state index contributed by atoms with van der Waals surface area (Å²) >= 11 is 0. The quantitative estimate of drug-likeness (QED) is 0.418. The van der Waals surface area contributed by atoms with E-state index in [1.54, 1.807) is 0 Å². The zero-order valence-electron chi connectivity index (χ0n) is 6.71. The Kier molecular flexibility index (Phi) is 4.78. The summed E-state index contributed by atoms with van der Waals surface area (Å²) in [5.41, 5.74) is 0. The Balaban J connectivity index is 4.46. The van der Waals surface area contributed by atoms with Gasteiger partial charge in [-0.25, -0.2) is 0 Å². The first kappa shape index (κ1) is 12.2. The molecule has 0 saturated carbocycles. The summed E-state index contributed by atoms with van der Waals surface area (Å²) in [5.74, 6) is 0. The van der Waals surface area contributed by atoms with E-state index in [1.807, 2.05) is 0 Å². The van der Waals surface area contributed by atoms with Gasteiger partial charge in [-0.05, 0) is 0 Å². The minimum Gasteiger partial charge on any atom is -0.393 e. The lowest BCUT2D eigenvalue weighted by Gasteiger charge is -2.05. The monoisotopic (exact) mass is 210 g/mol. The summed E-state index contributed by atoms with van der Waals surface area (Å²) in [7, 11) is -4.45. The van der Waals surface area contributed by atoms with Gasteiger partial charge in [0.1, 0.15) is 0 Å². The maximum atomic E-state index is 10.8. The van der Waals surface area contributed by atoms with Crippen molar-refractivity contribution in [3.05, 3.63) is 12.7 Å². The van der Waals surface area contributed by atoms with E-state index in [4.69, 9.17) is 10.2 Å². The minimum atomic E-state index is -4.45. The van der Waals surface area contributed by atoms with E-state index >= 15 is 0 Å². The molecule has 0 aromatic heterocycles. The van der Waals surface area contributed by atoms with Crippen molar-refractivity contribution >= 4 is 15.2 Å². The average molecular weight is 210 g/mol. The summed E-state index contributed by atoms with van der Waals surface area (Å²) in [6.45, 7) is 1.86. The van der Waals surface area contributed by atoms with Gasteiger partial charge in [-0.1, -0.05) is 6.08 Å². The van der Waals surface area contributed by atoms with Crippen LogP contribution >= 0.6 is 0 Å². The fraction of sp³-hybridized carbons (Fsp3) is 0.500. The van der Waals surface area contributed by atoms with Gasteiger partial charge in [0.15, 0.2) is 6.10 Å². The van der Waals surface area contributed by atoms with Gasteiger partial charge in [-0.15, -0.1) is 6.58 Å². The molecule has 6 nitrogen and oxygen atoms in total. The number of hydrogen-bond donors (Lipinski definition) is 2. The van der Waals surface area contributed by atoms with Crippen LogP contribution in [0.3, 0.4) is 0 Å². The van der Waals surface area contributed by atoms with E-state index in [9.17, 15) is 13.2 Å². The fourth-order valence-corrected chi connectivity index (χ4v) is 1.24. The summed E-state index contributed by atoms with van der Waals surface area (Å²) in [5, 5.41) is 15.4. The third-order valence-electron chi connectivity index (χ3n) is 1.03. The molecule has 0 fully saturated rings. The zero-order valence-corrected chi connectivity index (χ0v) is 7.53. The summed E-state index contributed by atoms with van der Waals surface area (Å²) < 4.78 is 25.7. The fourth-order valence-electron chi connectivity index (χ4n) is 0.437. The van der Waals surface area contributed by atoms with E-state index in [-0.39, 0.29) is 6.61 Å². The molecule has 0 spiro atoms. The highest BCUT2D eigenvalue weighted by Gasteiger charge is 2.29. The van der Waals surface area contributed by atoms with Crippen LogP contribution in [0.1, 0.15) is 0 Å². The molecular formula is C6H10O6S. The number of aliphatic hydroxyl groups excluding tert-OH is 2. The van der Waals surface area contributed by atoms with Crippen molar-refractivity contribution in [2.75, 3.05) is 13.2 Å². The zero-order chi connectivity index (χ0) is 10.5. The summed E-state index contributed by atoms with van der Waals surface area (Å²) in [6.07, 6.45) is -0.828. The van der Waals surface area contributed by atoms with Crippen LogP contribution in [-0.2, 0) is 19.1 Å². The Labute approximate surface area is 75.6 Å². The highest BCUT2D eigenvalue weighted by atomic mass is 32.2. The standard InChI is InChI=1S/C6H10O6S/c1-2-3-12-13(10,11)6(9)5(8)4-7/h2,5,7-8H,1,3-4H2. The molecule has 0 bridgehead atoms. The molecule has 0 aromatic carbocycles. The first-order chi connectivity index (χ1) is 5.95. The van der Waals surface area contributed by atoms with Gasteiger partial charge in [0.05, 0.1) is 13.2 Å². The third kappa shape index (κ3) is 3.64. The molecule has 0 aromatic rings. The largest absolute Gasteiger partial charge is 0.393 e. The molecule has 0 heterocycles. The Bertz CT molecular complexity index is 279. The van der Waals surface area contributed by atoms with Crippen molar-refractivity contribution in [1.29, 1.82) is 0 Å². The first-order valence-corrected chi connectivity index (χ1v) is 4.69. The number of aliphatic hydroxyl groups is 2. The van der Waals surface area contributed by atoms with E-state index in [2.05, 4.69) is 10.8 Å². The second-order valence-corrected chi connectivity index (χ2v) is 3.59. The van der Waals surface area contributed by atoms with Crippen LogP contribution in [0.2, 0.25) is 0 Å². The van der Waals surface area contributed by atoms with Crippen LogP contribution in [-0.4, -0.2) is 43.1 Å². The summed E-state index contributed by atoms with van der Waals surface area (Å²) in [6, 6.07) is 0. The Morgan fingerprint density at radius 1 is 1.62 bits per heavy atom. The summed E-state index contributed by atoms with van der Waals surface area (Å²) in [4.78, 5) is 10.7. The molecule has 7 heteroatoms. The second kappa shape index (κ2) is 5.07. The maximum Gasteiger partial charge on any atom is 0.334 e. The molecule has 2 N–H and O–H groups in total. The first-order valence-electron chi connectivity index (χ1n) is 3.28. The van der Waals surface area contributed by atoms with Crippen LogP contribution in [0.25, 0.3) is 0 Å². The van der Waals surface area contributed by atoms with Crippen LogP contribution < -0.4 is 0 Å². The average Bonchev–Trinajstić information content (AvgIpc) is 2.12. The predicted molar refractivity (Wildman–Crippen MR) is 43.2 cm³/mol. The number of carbonyl (C=O) groups is 1. The lowest BCUT2D eigenvalue weighted by atomic mass is 10.4. The molecule has 0 saturated heterocycles. The van der Waals surface area contributed by atoms with Crippen molar-refractivity contribution in [3.63, 3.8) is 0 Å². The second-order valence-electron chi connectivity index (χ2n) is 2.04. The molecule has 0 radical (unpaired) electrons. The van der Waals surface area contributed by atoms with Gasteiger partial charge in [-0.2, -0.15) is 8.42 Å². The Morgan fingerprint density at radius 2 is 2.15 bits per heavy atom. The van der Waals surface area contributed by atoms with Crippen LogP contribution in [0.15, 0.2) is 12.7 Å². The highest BCUT2D eigenvalue weighted by molar-refractivity contribution is 8.02. The van der Waals surface area contributed by atoms with Crippen molar-refractivity contribution in [3.8, 4) is 0 Å². The van der Waals surface area contributed by atoms with Crippen molar-refractivity contribution in [2.24, 2.45) is 0 Å². The molecule has 0 aliphatic heterocycles. The SMILES string of the molecule is C=CCOS(=O)(=O)C(=O)C(O)CO. The van der Waals surface area contributed by atoms with Crippen LogP contribution in [0, 0.1) is 0 Å². The molecule has 13 heavy (non-hydrogen) atoms. The van der Waals surface area contributed by atoms with E-state index in [0.29, 0.717) is 0 Å². The van der Waals surface area contributed by atoms with Crippen molar-refractivity contribution in [1.82, 2.24) is 0 Å². The predicted octanol–water partition coefficient (Wildman–Crippen LogP) is -1.60. The molecule has 1 atom stereocenters. The molecule has 0 aliphatic carbocycles. The normalized spacial score (nSPS) is 13.7. The molecule has 0 aliphatic rings. The van der Waals surface area contributed by atoms with Gasteiger partial charge in [0.2, 0.25) is 0 Å².